The van der Waals surface area contributed by atoms with E-state index in [4.69, 9.17) is 0 Å². The third kappa shape index (κ3) is 3.51. The molecule has 0 aromatic heterocycles. The molecule has 0 saturated heterocycles. The molecule has 2 rings (SSSR count). The average molecular weight is 285 g/mol. The number of anilines is 3. The third-order valence-corrected chi connectivity index (χ3v) is 3.28. The molecule has 110 valence electrons. The predicted octanol–water partition coefficient (Wildman–Crippen LogP) is 4.50. The molecule has 0 aliphatic carbocycles. The molecule has 0 aliphatic heterocycles. The Labute approximate surface area is 124 Å². The smallest absolute Gasteiger partial charge is 0.273 e. The van der Waals surface area contributed by atoms with Crippen LogP contribution in [0.4, 0.5) is 22.7 Å². The van der Waals surface area contributed by atoms with Crippen molar-refractivity contribution in [2.75, 3.05) is 17.7 Å². The van der Waals surface area contributed by atoms with Gasteiger partial charge in [-0.25, -0.2) is 0 Å². The SMILES string of the molecule is CNc1cc(Nc2ccccc2C(C)C)cc([N+](=O)[O-])c1. The van der Waals surface area contributed by atoms with Crippen molar-refractivity contribution in [3.05, 3.63) is 58.1 Å². The zero-order chi connectivity index (χ0) is 15.4. The van der Waals surface area contributed by atoms with Crippen molar-refractivity contribution in [3.8, 4) is 0 Å². The Balaban J connectivity index is 2.40. The first-order valence-electron chi connectivity index (χ1n) is 6.84. The van der Waals surface area contributed by atoms with E-state index < -0.39 is 0 Å². The monoisotopic (exact) mass is 285 g/mol. The lowest BCUT2D eigenvalue weighted by Gasteiger charge is -2.15. The summed E-state index contributed by atoms with van der Waals surface area (Å²) in [4.78, 5) is 10.6. The quantitative estimate of drug-likeness (QED) is 0.626. The van der Waals surface area contributed by atoms with E-state index >= 15 is 0 Å². The van der Waals surface area contributed by atoms with Crippen LogP contribution in [0.1, 0.15) is 25.3 Å². The van der Waals surface area contributed by atoms with Crippen LogP contribution in [-0.4, -0.2) is 12.0 Å². The fourth-order valence-corrected chi connectivity index (χ4v) is 2.20. The molecule has 2 aromatic rings. The summed E-state index contributed by atoms with van der Waals surface area (Å²) >= 11 is 0. The first kappa shape index (κ1) is 14.8. The minimum Gasteiger partial charge on any atom is -0.388 e. The predicted molar refractivity (Wildman–Crippen MR) is 86.5 cm³/mol. The summed E-state index contributed by atoms with van der Waals surface area (Å²) in [6.45, 7) is 4.24. The molecule has 0 aliphatic rings. The van der Waals surface area contributed by atoms with Crippen LogP contribution in [0.25, 0.3) is 0 Å². The number of para-hydroxylation sites is 1. The Morgan fingerprint density at radius 2 is 1.76 bits per heavy atom. The van der Waals surface area contributed by atoms with Gasteiger partial charge in [-0.05, 0) is 23.6 Å². The van der Waals surface area contributed by atoms with Crippen molar-refractivity contribution in [3.63, 3.8) is 0 Å². The van der Waals surface area contributed by atoms with Crippen molar-refractivity contribution in [2.45, 2.75) is 19.8 Å². The minimum atomic E-state index is -0.389. The van der Waals surface area contributed by atoms with Crippen molar-refractivity contribution >= 4 is 22.7 Å². The molecule has 0 atom stereocenters. The van der Waals surface area contributed by atoms with Crippen LogP contribution in [0.2, 0.25) is 0 Å². The molecular weight excluding hydrogens is 266 g/mol. The number of hydrogen-bond donors (Lipinski definition) is 2. The number of nitro groups is 1. The highest BCUT2D eigenvalue weighted by Gasteiger charge is 2.11. The van der Waals surface area contributed by atoms with Gasteiger partial charge in [-0.2, -0.15) is 0 Å². The third-order valence-electron chi connectivity index (χ3n) is 3.28. The summed E-state index contributed by atoms with van der Waals surface area (Å²) in [7, 11) is 1.74. The second kappa shape index (κ2) is 6.26. The van der Waals surface area contributed by atoms with E-state index in [9.17, 15) is 10.1 Å². The highest BCUT2D eigenvalue weighted by molar-refractivity contribution is 5.70. The molecule has 2 N–H and O–H groups in total. The maximum atomic E-state index is 11.0. The molecule has 2 aromatic carbocycles. The molecule has 0 saturated carbocycles. The van der Waals surface area contributed by atoms with Crippen LogP contribution in [0, 0.1) is 10.1 Å². The number of nitrogens with one attached hydrogen (secondary N) is 2. The van der Waals surface area contributed by atoms with Gasteiger partial charge in [0.2, 0.25) is 0 Å². The highest BCUT2D eigenvalue weighted by Crippen LogP contribution is 2.30. The van der Waals surface area contributed by atoms with Gasteiger partial charge in [-0.3, -0.25) is 10.1 Å². The van der Waals surface area contributed by atoms with Crippen LogP contribution in [0.3, 0.4) is 0 Å². The maximum Gasteiger partial charge on any atom is 0.273 e. The van der Waals surface area contributed by atoms with Gasteiger partial charge >= 0.3 is 0 Å². The van der Waals surface area contributed by atoms with Crippen LogP contribution in [-0.2, 0) is 0 Å². The second-order valence-electron chi connectivity index (χ2n) is 5.14. The number of benzene rings is 2. The summed E-state index contributed by atoms with van der Waals surface area (Å²) in [5.74, 6) is 0.371. The zero-order valence-corrected chi connectivity index (χ0v) is 12.4. The summed E-state index contributed by atoms with van der Waals surface area (Å²) < 4.78 is 0. The normalized spacial score (nSPS) is 10.5. The molecule has 0 bridgehead atoms. The van der Waals surface area contributed by atoms with Crippen LogP contribution in [0.15, 0.2) is 42.5 Å². The average Bonchev–Trinajstić information content (AvgIpc) is 2.47. The Bertz CT molecular complexity index is 654. The van der Waals surface area contributed by atoms with E-state index in [-0.39, 0.29) is 10.6 Å². The molecule has 0 amide bonds. The molecule has 0 spiro atoms. The Morgan fingerprint density at radius 1 is 1.10 bits per heavy atom. The van der Waals surface area contributed by atoms with Gasteiger partial charge in [-0.1, -0.05) is 32.0 Å². The van der Waals surface area contributed by atoms with E-state index in [0.717, 1.165) is 5.69 Å². The van der Waals surface area contributed by atoms with Crippen molar-refractivity contribution in [1.29, 1.82) is 0 Å². The van der Waals surface area contributed by atoms with Crippen molar-refractivity contribution < 1.29 is 4.92 Å². The highest BCUT2D eigenvalue weighted by atomic mass is 16.6. The van der Waals surface area contributed by atoms with Crippen LogP contribution >= 0.6 is 0 Å². The number of hydrogen-bond acceptors (Lipinski definition) is 4. The molecule has 5 heteroatoms. The molecule has 0 heterocycles. The molecule has 0 fully saturated rings. The zero-order valence-electron chi connectivity index (χ0n) is 12.4. The van der Waals surface area contributed by atoms with Gasteiger partial charge in [0.1, 0.15) is 0 Å². The largest absolute Gasteiger partial charge is 0.388 e. The van der Waals surface area contributed by atoms with Gasteiger partial charge in [0.25, 0.3) is 5.69 Å². The second-order valence-corrected chi connectivity index (χ2v) is 5.14. The molecule has 21 heavy (non-hydrogen) atoms. The Kier molecular flexibility index (Phi) is 4.42. The van der Waals surface area contributed by atoms with Crippen LogP contribution in [0.5, 0.6) is 0 Å². The van der Waals surface area contributed by atoms with Gasteiger partial charge < -0.3 is 10.6 Å². The first-order valence-corrected chi connectivity index (χ1v) is 6.84. The fourth-order valence-electron chi connectivity index (χ4n) is 2.20. The van der Waals surface area contributed by atoms with E-state index in [2.05, 4.69) is 30.5 Å². The Morgan fingerprint density at radius 3 is 2.38 bits per heavy atom. The fraction of sp³-hybridized carbons (Fsp3) is 0.250. The Hall–Kier alpha value is -2.56. The summed E-state index contributed by atoms with van der Waals surface area (Å²) in [6.07, 6.45) is 0. The maximum absolute atomic E-state index is 11.0. The first-order chi connectivity index (χ1) is 10.0. The number of rotatable bonds is 5. The van der Waals surface area contributed by atoms with Gasteiger partial charge in [0.15, 0.2) is 0 Å². The lowest BCUT2D eigenvalue weighted by atomic mass is 10.0. The van der Waals surface area contributed by atoms with E-state index in [1.54, 1.807) is 7.05 Å². The molecule has 0 radical (unpaired) electrons. The molecule has 5 nitrogen and oxygen atoms in total. The standard InChI is InChI=1S/C16H19N3O2/c1-11(2)15-6-4-5-7-16(15)18-13-8-12(17-3)9-14(10-13)19(20)21/h4-11,17-18H,1-3H3. The summed E-state index contributed by atoms with van der Waals surface area (Å²) in [6, 6.07) is 12.9. The van der Waals surface area contributed by atoms with Crippen molar-refractivity contribution in [2.24, 2.45) is 0 Å². The van der Waals surface area contributed by atoms with E-state index in [0.29, 0.717) is 17.3 Å². The molecule has 0 unspecified atom stereocenters. The van der Waals surface area contributed by atoms with E-state index in [1.165, 1.54) is 17.7 Å². The summed E-state index contributed by atoms with van der Waals surface area (Å²) in [5.41, 5.74) is 3.60. The lowest BCUT2D eigenvalue weighted by molar-refractivity contribution is -0.384. The topological polar surface area (TPSA) is 67.2 Å². The number of non-ortho nitro benzene ring substituents is 1. The van der Waals surface area contributed by atoms with Gasteiger partial charge in [0.05, 0.1) is 4.92 Å². The van der Waals surface area contributed by atoms with Gasteiger partial charge in [0, 0.05) is 36.2 Å². The lowest BCUT2D eigenvalue weighted by Crippen LogP contribution is -2.00. The number of nitro benzene ring substituents is 1. The van der Waals surface area contributed by atoms with Crippen molar-refractivity contribution in [1.82, 2.24) is 0 Å². The van der Waals surface area contributed by atoms with E-state index in [1.807, 2.05) is 24.3 Å². The van der Waals surface area contributed by atoms with Crippen LogP contribution < -0.4 is 10.6 Å². The van der Waals surface area contributed by atoms with Gasteiger partial charge in [-0.15, -0.1) is 0 Å². The summed E-state index contributed by atoms with van der Waals surface area (Å²) in [5, 5.41) is 17.2. The minimum absolute atomic E-state index is 0.0615. The molecular formula is C16H19N3O2. The number of nitrogens with zero attached hydrogens (tertiary/aromatic N) is 1.